The van der Waals surface area contributed by atoms with Crippen LogP contribution in [0.2, 0.25) is 0 Å². The maximum atomic E-state index is 12.9. The van der Waals surface area contributed by atoms with Crippen molar-refractivity contribution in [2.75, 3.05) is 31.4 Å². The van der Waals surface area contributed by atoms with E-state index in [1.54, 1.807) is 61.6 Å². The third kappa shape index (κ3) is 4.09. The van der Waals surface area contributed by atoms with Gasteiger partial charge in [-0.2, -0.15) is 0 Å². The van der Waals surface area contributed by atoms with Crippen molar-refractivity contribution in [3.05, 3.63) is 53.6 Å². The minimum absolute atomic E-state index is 0.169. The number of fused-ring (bicyclic) bond motifs is 2. The van der Waals surface area contributed by atoms with Crippen LogP contribution >= 0.6 is 0 Å². The summed E-state index contributed by atoms with van der Waals surface area (Å²) in [5.74, 6) is 0.501. The second-order valence-corrected chi connectivity index (χ2v) is 7.34. The number of hydrogen-bond donors (Lipinski definition) is 2. The molecule has 8 nitrogen and oxygen atoms in total. The summed E-state index contributed by atoms with van der Waals surface area (Å²) in [6.45, 7) is 0.555. The molecule has 0 bridgehead atoms. The van der Waals surface area contributed by atoms with Crippen LogP contribution in [0.1, 0.15) is 28.8 Å². The average molecular weight is 421 g/mol. The number of nitrogens with one attached hydrogen (secondary N) is 2. The van der Waals surface area contributed by atoms with Gasteiger partial charge in [0.2, 0.25) is 11.8 Å². The van der Waals surface area contributed by atoms with Crippen LogP contribution in [0.15, 0.2) is 42.5 Å². The molecule has 0 radical (unpaired) electrons. The largest absolute Gasteiger partial charge is 0.497 e. The minimum atomic E-state index is -0.430. The molecule has 2 aliphatic heterocycles. The van der Waals surface area contributed by atoms with Crippen LogP contribution < -0.4 is 20.1 Å². The van der Waals surface area contributed by atoms with Crippen LogP contribution in [0.5, 0.6) is 11.5 Å². The van der Waals surface area contributed by atoms with E-state index in [0.717, 1.165) is 12.0 Å². The molecule has 31 heavy (non-hydrogen) atoms. The first-order chi connectivity index (χ1) is 15.0. The van der Waals surface area contributed by atoms with Crippen molar-refractivity contribution in [2.45, 2.75) is 18.9 Å². The number of nitrogens with zero attached hydrogens (tertiary/aromatic N) is 1. The van der Waals surface area contributed by atoms with Gasteiger partial charge in [-0.3, -0.25) is 14.4 Å². The predicted molar refractivity (Wildman–Crippen MR) is 116 cm³/mol. The smallest absolute Gasteiger partial charge is 0.256 e. The molecule has 3 amide bonds. The Bertz CT molecular complexity index is 1080. The Labute approximate surface area is 179 Å². The van der Waals surface area contributed by atoms with Gasteiger partial charge in [0.25, 0.3) is 5.91 Å². The molecule has 2 N–H and O–H groups in total. The highest BCUT2D eigenvalue weighted by Gasteiger charge is 2.38. The van der Waals surface area contributed by atoms with Crippen LogP contribution in [0, 0.1) is 0 Å². The number of methoxy groups -OCH3 is 2. The number of rotatable bonds is 5. The maximum absolute atomic E-state index is 12.9. The Kier molecular flexibility index (Phi) is 5.62. The highest BCUT2D eigenvalue weighted by Crippen LogP contribution is 2.30. The maximum Gasteiger partial charge on any atom is 0.256 e. The Balaban J connectivity index is 1.51. The van der Waals surface area contributed by atoms with Gasteiger partial charge < -0.3 is 25.0 Å². The third-order valence-corrected chi connectivity index (χ3v) is 5.45. The van der Waals surface area contributed by atoms with Gasteiger partial charge in [0.05, 0.1) is 25.5 Å². The van der Waals surface area contributed by atoms with Crippen molar-refractivity contribution in [2.24, 2.45) is 0 Å². The van der Waals surface area contributed by atoms with Crippen LogP contribution in [0.4, 0.5) is 11.4 Å². The molecular formula is C23H23N3O5. The van der Waals surface area contributed by atoms with Crippen LogP contribution in [0.25, 0.3) is 6.08 Å². The number of amides is 3. The number of anilines is 2. The second-order valence-electron chi connectivity index (χ2n) is 7.34. The summed E-state index contributed by atoms with van der Waals surface area (Å²) in [6, 6.07) is 9.76. The second kappa shape index (κ2) is 8.51. The van der Waals surface area contributed by atoms with Gasteiger partial charge in [-0.1, -0.05) is 0 Å². The molecule has 160 valence electrons. The van der Waals surface area contributed by atoms with Gasteiger partial charge in [0.1, 0.15) is 17.5 Å². The average Bonchev–Trinajstić information content (AvgIpc) is 3.25. The fourth-order valence-electron chi connectivity index (χ4n) is 3.87. The molecular weight excluding hydrogens is 398 g/mol. The summed E-state index contributed by atoms with van der Waals surface area (Å²) >= 11 is 0. The lowest BCUT2D eigenvalue weighted by atomic mass is 10.1. The molecule has 1 saturated heterocycles. The molecule has 0 aromatic heterocycles. The van der Waals surface area contributed by atoms with Crippen molar-refractivity contribution in [1.82, 2.24) is 4.90 Å². The van der Waals surface area contributed by atoms with Gasteiger partial charge in [-0.25, -0.2) is 0 Å². The lowest BCUT2D eigenvalue weighted by Gasteiger charge is -2.20. The summed E-state index contributed by atoms with van der Waals surface area (Å²) in [4.78, 5) is 39.3. The standard InChI is InChI=1S/C23H23N3O5/c1-30-16-8-5-14(20(13-16)31-2)6-10-21(27)24-15-7-9-18-17(12-15)23(29)26-11-3-4-19(26)22(28)25-18/h5-10,12-13,19H,3-4,11H2,1-2H3,(H,24,27)(H,25,28)/b10-6+. The first-order valence-corrected chi connectivity index (χ1v) is 9.97. The number of ether oxygens (including phenoxy) is 2. The van der Waals surface area contributed by atoms with Crippen LogP contribution in [-0.2, 0) is 9.59 Å². The Hall–Kier alpha value is -3.81. The summed E-state index contributed by atoms with van der Waals surface area (Å²) < 4.78 is 10.5. The first kappa shape index (κ1) is 20.5. The van der Waals surface area contributed by atoms with E-state index in [4.69, 9.17) is 9.47 Å². The van der Waals surface area contributed by atoms with E-state index in [-0.39, 0.29) is 17.7 Å². The molecule has 2 heterocycles. The van der Waals surface area contributed by atoms with Crippen molar-refractivity contribution in [3.63, 3.8) is 0 Å². The zero-order valence-corrected chi connectivity index (χ0v) is 17.3. The van der Waals surface area contributed by atoms with Gasteiger partial charge in [-0.15, -0.1) is 0 Å². The van der Waals surface area contributed by atoms with E-state index in [2.05, 4.69) is 10.6 Å². The molecule has 1 fully saturated rings. The fraction of sp³-hybridized carbons (Fsp3) is 0.261. The van der Waals surface area contributed by atoms with E-state index in [1.807, 2.05) is 0 Å². The Morgan fingerprint density at radius 1 is 1.16 bits per heavy atom. The quantitative estimate of drug-likeness (QED) is 0.724. The lowest BCUT2D eigenvalue weighted by molar-refractivity contribution is -0.119. The molecule has 2 aromatic rings. The van der Waals surface area contributed by atoms with E-state index in [0.29, 0.717) is 41.4 Å². The van der Waals surface area contributed by atoms with E-state index in [9.17, 15) is 14.4 Å². The SMILES string of the molecule is COc1ccc(/C=C/C(=O)Nc2ccc3c(c2)C(=O)N2CCCC2C(=O)N3)c(OC)c1. The number of benzene rings is 2. The number of carbonyl (C=O) groups excluding carboxylic acids is 3. The molecule has 1 atom stereocenters. The zero-order valence-electron chi connectivity index (χ0n) is 17.3. The molecule has 2 aliphatic rings. The summed E-state index contributed by atoms with van der Waals surface area (Å²) in [5.41, 5.74) is 2.02. The molecule has 1 unspecified atom stereocenters. The fourth-order valence-corrected chi connectivity index (χ4v) is 3.87. The van der Waals surface area contributed by atoms with E-state index in [1.165, 1.54) is 6.08 Å². The highest BCUT2D eigenvalue weighted by molar-refractivity contribution is 6.11. The van der Waals surface area contributed by atoms with Crippen molar-refractivity contribution < 1.29 is 23.9 Å². The molecule has 4 rings (SSSR count). The Morgan fingerprint density at radius 3 is 2.77 bits per heavy atom. The third-order valence-electron chi connectivity index (χ3n) is 5.45. The zero-order chi connectivity index (χ0) is 22.0. The van der Waals surface area contributed by atoms with Gasteiger partial charge >= 0.3 is 0 Å². The first-order valence-electron chi connectivity index (χ1n) is 9.97. The summed E-state index contributed by atoms with van der Waals surface area (Å²) in [7, 11) is 3.11. The van der Waals surface area contributed by atoms with Crippen LogP contribution in [0.3, 0.4) is 0 Å². The van der Waals surface area contributed by atoms with Crippen molar-refractivity contribution >= 4 is 35.2 Å². The highest BCUT2D eigenvalue weighted by atomic mass is 16.5. The molecule has 0 saturated carbocycles. The normalized spacial score (nSPS) is 17.6. The van der Waals surface area contributed by atoms with E-state index < -0.39 is 6.04 Å². The number of hydrogen-bond acceptors (Lipinski definition) is 5. The predicted octanol–water partition coefficient (Wildman–Crippen LogP) is 2.91. The molecule has 0 aliphatic carbocycles. The molecule has 2 aromatic carbocycles. The topological polar surface area (TPSA) is 97.0 Å². The van der Waals surface area contributed by atoms with Crippen LogP contribution in [-0.4, -0.2) is 49.4 Å². The van der Waals surface area contributed by atoms with Crippen molar-refractivity contribution in [3.8, 4) is 11.5 Å². The van der Waals surface area contributed by atoms with E-state index >= 15 is 0 Å². The monoisotopic (exact) mass is 421 g/mol. The lowest BCUT2D eigenvalue weighted by Crippen LogP contribution is -2.40. The van der Waals surface area contributed by atoms with Gasteiger partial charge in [-0.05, 0) is 49.2 Å². The minimum Gasteiger partial charge on any atom is -0.497 e. The number of carbonyl (C=O) groups is 3. The molecule has 0 spiro atoms. The molecule has 8 heteroatoms. The Morgan fingerprint density at radius 2 is 2.00 bits per heavy atom. The summed E-state index contributed by atoms with van der Waals surface area (Å²) in [6.07, 6.45) is 4.48. The van der Waals surface area contributed by atoms with Crippen molar-refractivity contribution in [1.29, 1.82) is 0 Å². The van der Waals surface area contributed by atoms with Gasteiger partial charge in [0.15, 0.2) is 0 Å². The van der Waals surface area contributed by atoms with Gasteiger partial charge in [0, 0.05) is 29.9 Å². The summed E-state index contributed by atoms with van der Waals surface area (Å²) in [5, 5.41) is 5.58.